The summed E-state index contributed by atoms with van der Waals surface area (Å²) in [6.45, 7) is 5.01. The van der Waals surface area contributed by atoms with Crippen molar-refractivity contribution in [3.8, 4) is 0 Å². The number of rotatable bonds is 14. The molecule has 0 heterocycles. The predicted octanol–water partition coefficient (Wildman–Crippen LogP) is 5.81. The van der Waals surface area contributed by atoms with Gasteiger partial charge in [-0.3, -0.25) is 4.79 Å². The summed E-state index contributed by atoms with van der Waals surface area (Å²) >= 11 is 0. The molecule has 0 aromatic heterocycles. The van der Waals surface area contributed by atoms with E-state index in [0.29, 0.717) is 13.0 Å². The van der Waals surface area contributed by atoms with Crippen molar-refractivity contribution in [3.63, 3.8) is 0 Å². The standard InChI is InChI=1S/C18H34O2/c1-3-5-7-9-10-11-12-13-14-16-18(19)20-17-15-8-6-4-2/h13-14H,3-12,15-17H2,1-2H3/b14-13-. The molecule has 0 aromatic rings. The lowest BCUT2D eigenvalue weighted by Gasteiger charge is -2.02. The molecule has 20 heavy (non-hydrogen) atoms. The van der Waals surface area contributed by atoms with Crippen LogP contribution in [0.3, 0.4) is 0 Å². The van der Waals surface area contributed by atoms with E-state index >= 15 is 0 Å². The highest BCUT2D eigenvalue weighted by atomic mass is 16.5. The van der Waals surface area contributed by atoms with E-state index in [9.17, 15) is 4.79 Å². The molecule has 0 fully saturated rings. The molecule has 2 heteroatoms. The Kier molecular flexibility index (Phi) is 15.6. The van der Waals surface area contributed by atoms with Gasteiger partial charge in [-0.15, -0.1) is 0 Å². The number of ether oxygens (including phenoxy) is 1. The van der Waals surface area contributed by atoms with Gasteiger partial charge in [-0.05, 0) is 19.3 Å². The van der Waals surface area contributed by atoms with Crippen LogP contribution in [0.15, 0.2) is 12.2 Å². The van der Waals surface area contributed by atoms with Crippen LogP contribution in [0.4, 0.5) is 0 Å². The van der Waals surface area contributed by atoms with Gasteiger partial charge >= 0.3 is 5.97 Å². The summed E-state index contributed by atoms with van der Waals surface area (Å²) in [7, 11) is 0. The van der Waals surface area contributed by atoms with Gasteiger partial charge in [-0.25, -0.2) is 0 Å². The van der Waals surface area contributed by atoms with Gasteiger partial charge in [0.2, 0.25) is 0 Å². The van der Waals surface area contributed by atoms with Gasteiger partial charge in [0.25, 0.3) is 0 Å². The molecule has 118 valence electrons. The molecule has 0 saturated carbocycles. The van der Waals surface area contributed by atoms with E-state index in [1.54, 1.807) is 0 Å². The molecule has 0 aliphatic heterocycles. The molecule has 2 nitrogen and oxygen atoms in total. The van der Waals surface area contributed by atoms with E-state index in [0.717, 1.165) is 19.3 Å². The van der Waals surface area contributed by atoms with Crippen molar-refractivity contribution >= 4 is 5.97 Å². The maximum atomic E-state index is 11.4. The van der Waals surface area contributed by atoms with Crippen LogP contribution in [0.5, 0.6) is 0 Å². The minimum atomic E-state index is -0.0827. The molecule has 0 radical (unpaired) electrons. The average Bonchev–Trinajstić information content (AvgIpc) is 2.45. The first-order valence-corrected chi connectivity index (χ1v) is 8.61. The molecule has 0 saturated heterocycles. The monoisotopic (exact) mass is 282 g/mol. The minimum absolute atomic E-state index is 0.0827. The summed E-state index contributed by atoms with van der Waals surface area (Å²) < 4.78 is 5.17. The first-order chi connectivity index (χ1) is 9.81. The average molecular weight is 282 g/mol. The Hall–Kier alpha value is -0.790. The summed E-state index contributed by atoms with van der Waals surface area (Å²) in [5, 5.41) is 0. The number of hydrogen-bond donors (Lipinski definition) is 0. The van der Waals surface area contributed by atoms with Crippen LogP contribution in [0.25, 0.3) is 0 Å². The fourth-order valence-corrected chi connectivity index (χ4v) is 2.11. The van der Waals surface area contributed by atoms with E-state index in [1.807, 2.05) is 6.08 Å². The number of hydrogen-bond acceptors (Lipinski definition) is 2. The Morgan fingerprint density at radius 1 is 0.800 bits per heavy atom. The van der Waals surface area contributed by atoms with Crippen molar-refractivity contribution in [1.82, 2.24) is 0 Å². The molecular formula is C18H34O2. The van der Waals surface area contributed by atoms with E-state index in [-0.39, 0.29) is 5.97 Å². The van der Waals surface area contributed by atoms with E-state index in [4.69, 9.17) is 4.74 Å². The molecule has 0 N–H and O–H groups in total. The van der Waals surface area contributed by atoms with E-state index < -0.39 is 0 Å². The second-order valence-electron chi connectivity index (χ2n) is 5.51. The summed E-state index contributed by atoms with van der Waals surface area (Å²) in [6.07, 6.45) is 18.2. The Bertz CT molecular complexity index is 234. The van der Waals surface area contributed by atoms with E-state index in [2.05, 4.69) is 19.9 Å². The molecule has 0 atom stereocenters. The van der Waals surface area contributed by atoms with Crippen LogP contribution in [0.2, 0.25) is 0 Å². The summed E-state index contributed by atoms with van der Waals surface area (Å²) in [6, 6.07) is 0. The molecule has 0 spiro atoms. The number of esters is 1. The van der Waals surface area contributed by atoms with Crippen molar-refractivity contribution < 1.29 is 9.53 Å². The third-order valence-corrected chi connectivity index (χ3v) is 3.44. The van der Waals surface area contributed by atoms with Crippen molar-refractivity contribution in [3.05, 3.63) is 12.2 Å². The van der Waals surface area contributed by atoms with Crippen LogP contribution in [-0.2, 0) is 9.53 Å². The number of carbonyl (C=O) groups is 1. The quantitative estimate of drug-likeness (QED) is 0.228. The highest BCUT2D eigenvalue weighted by molar-refractivity contribution is 5.71. The summed E-state index contributed by atoms with van der Waals surface area (Å²) in [5.41, 5.74) is 0. The normalized spacial score (nSPS) is 11.1. The highest BCUT2D eigenvalue weighted by Crippen LogP contribution is 2.07. The fourth-order valence-electron chi connectivity index (χ4n) is 2.11. The van der Waals surface area contributed by atoms with Crippen molar-refractivity contribution in [2.45, 2.75) is 90.9 Å². The van der Waals surface area contributed by atoms with Gasteiger partial charge in [-0.1, -0.05) is 77.4 Å². The fraction of sp³-hybridized carbons (Fsp3) is 0.833. The maximum absolute atomic E-state index is 11.4. The molecule has 0 rings (SSSR count). The zero-order valence-corrected chi connectivity index (χ0v) is 13.7. The Balaban J connectivity index is 3.25. The zero-order valence-electron chi connectivity index (χ0n) is 13.7. The molecule has 0 bridgehead atoms. The third-order valence-electron chi connectivity index (χ3n) is 3.44. The molecule has 0 aliphatic rings. The lowest BCUT2D eigenvalue weighted by Crippen LogP contribution is -2.04. The van der Waals surface area contributed by atoms with E-state index in [1.165, 1.54) is 51.4 Å². The van der Waals surface area contributed by atoms with Crippen LogP contribution in [0, 0.1) is 0 Å². The smallest absolute Gasteiger partial charge is 0.309 e. The second kappa shape index (κ2) is 16.3. The third kappa shape index (κ3) is 15.3. The van der Waals surface area contributed by atoms with Crippen LogP contribution in [-0.4, -0.2) is 12.6 Å². The number of carbonyl (C=O) groups excluding carboxylic acids is 1. The second-order valence-corrected chi connectivity index (χ2v) is 5.51. The largest absolute Gasteiger partial charge is 0.465 e. The lowest BCUT2D eigenvalue weighted by molar-refractivity contribution is -0.142. The number of allylic oxidation sites excluding steroid dienone is 1. The van der Waals surface area contributed by atoms with Gasteiger partial charge in [0.15, 0.2) is 0 Å². The summed E-state index contributed by atoms with van der Waals surface area (Å²) in [5.74, 6) is -0.0827. The van der Waals surface area contributed by atoms with Gasteiger partial charge < -0.3 is 4.74 Å². The summed E-state index contributed by atoms with van der Waals surface area (Å²) in [4.78, 5) is 11.4. The van der Waals surface area contributed by atoms with Gasteiger partial charge in [0, 0.05) is 0 Å². The SMILES string of the molecule is CCCCCCCC/C=C\CC(=O)OCCCCCC. The van der Waals surface area contributed by atoms with Crippen molar-refractivity contribution in [2.24, 2.45) is 0 Å². The lowest BCUT2D eigenvalue weighted by atomic mass is 10.1. The molecule has 0 unspecified atom stereocenters. The van der Waals surface area contributed by atoms with Gasteiger partial charge in [0.05, 0.1) is 13.0 Å². The Morgan fingerprint density at radius 3 is 2.10 bits per heavy atom. The van der Waals surface area contributed by atoms with Crippen LogP contribution >= 0.6 is 0 Å². The van der Waals surface area contributed by atoms with Crippen molar-refractivity contribution in [2.75, 3.05) is 6.61 Å². The highest BCUT2D eigenvalue weighted by Gasteiger charge is 1.98. The van der Waals surface area contributed by atoms with Gasteiger partial charge in [0.1, 0.15) is 0 Å². The molecule has 0 amide bonds. The van der Waals surface area contributed by atoms with Gasteiger partial charge in [-0.2, -0.15) is 0 Å². The minimum Gasteiger partial charge on any atom is -0.465 e. The number of unbranched alkanes of at least 4 members (excludes halogenated alkanes) is 9. The predicted molar refractivity (Wildman–Crippen MR) is 86.9 cm³/mol. The molecule has 0 aliphatic carbocycles. The first-order valence-electron chi connectivity index (χ1n) is 8.61. The maximum Gasteiger partial charge on any atom is 0.309 e. The van der Waals surface area contributed by atoms with Crippen molar-refractivity contribution in [1.29, 1.82) is 0 Å². The van der Waals surface area contributed by atoms with Crippen LogP contribution < -0.4 is 0 Å². The Morgan fingerprint density at radius 2 is 1.40 bits per heavy atom. The zero-order chi connectivity index (χ0) is 14.9. The molecule has 0 aromatic carbocycles. The topological polar surface area (TPSA) is 26.3 Å². The Labute approximate surface area is 126 Å². The molecular weight excluding hydrogens is 248 g/mol. The van der Waals surface area contributed by atoms with Crippen LogP contribution in [0.1, 0.15) is 90.9 Å². The first kappa shape index (κ1) is 19.2.